The van der Waals surface area contributed by atoms with Crippen LogP contribution in [0.4, 0.5) is 0 Å². The first-order chi connectivity index (χ1) is 15.5. The molecule has 0 aliphatic carbocycles. The fourth-order valence-electron chi connectivity index (χ4n) is 3.24. The highest BCUT2D eigenvalue weighted by atomic mass is 79.9. The molecule has 3 aromatic carbocycles. The van der Waals surface area contributed by atoms with E-state index in [-0.39, 0.29) is 5.56 Å². The molecule has 8 heteroatoms. The maximum absolute atomic E-state index is 13.3. The average molecular weight is 494 g/mol. The van der Waals surface area contributed by atoms with E-state index in [1.807, 2.05) is 24.3 Å². The van der Waals surface area contributed by atoms with Crippen molar-refractivity contribution in [2.45, 2.75) is 0 Å². The van der Waals surface area contributed by atoms with E-state index < -0.39 is 0 Å². The van der Waals surface area contributed by atoms with Crippen LogP contribution in [0.25, 0.3) is 22.3 Å². The first-order valence-electron chi connectivity index (χ1n) is 9.67. The first-order valence-corrected chi connectivity index (χ1v) is 10.5. The Morgan fingerprint density at radius 3 is 2.31 bits per heavy atom. The summed E-state index contributed by atoms with van der Waals surface area (Å²) in [5, 5.41) is 4.95. The van der Waals surface area contributed by atoms with Gasteiger partial charge in [0.15, 0.2) is 5.82 Å². The van der Waals surface area contributed by atoms with E-state index in [1.54, 1.807) is 63.9 Å². The Labute approximate surface area is 193 Å². The molecule has 0 saturated heterocycles. The van der Waals surface area contributed by atoms with E-state index in [1.165, 1.54) is 4.68 Å². The topological polar surface area (TPSA) is 74.9 Å². The van der Waals surface area contributed by atoms with Gasteiger partial charge in [0.25, 0.3) is 5.56 Å². The van der Waals surface area contributed by atoms with Gasteiger partial charge in [-0.3, -0.25) is 4.79 Å². The smallest absolute Gasteiger partial charge is 0.282 e. The van der Waals surface area contributed by atoms with Gasteiger partial charge in [0.2, 0.25) is 0 Å². The summed E-state index contributed by atoms with van der Waals surface area (Å²) >= 11 is 3.47. The molecule has 162 valence electrons. The van der Waals surface area contributed by atoms with Crippen LogP contribution in [0.15, 0.2) is 75.0 Å². The number of fused-ring (bicyclic) bond motifs is 1. The number of hydrogen-bond acceptors (Lipinski definition) is 6. The molecule has 0 spiro atoms. The molecule has 4 aromatic rings. The van der Waals surface area contributed by atoms with Crippen LogP contribution in [-0.2, 0) is 0 Å². The molecule has 1 heterocycles. The molecule has 0 N–H and O–H groups in total. The molecule has 1 aromatic heterocycles. The highest BCUT2D eigenvalue weighted by Gasteiger charge is 2.14. The van der Waals surface area contributed by atoms with E-state index in [4.69, 9.17) is 19.2 Å². The summed E-state index contributed by atoms with van der Waals surface area (Å²) in [5.74, 6) is 2.23. The predicted octanol–water partition coefficient (Wildman–Crippen LogP) is 4.73. The minimum Gasteiger partial charge on any atom is -0.497 e. The normalized spacial score (nSPS) is 11.1. The van der Waals surface area contributed by atoms with Crippen LogP contribution in [0, 0.1) is 0 Å². The molecular weight excluding hydrogens is 474 g/mol. The number of para-hydroxylation sites is 1. The molecule has 7 nitrogen and oxygen atoms in total. The maximum atomic E-state index is 13.3. The SMILES string of the molecule is COc1cc(OC)cc(-c2nc3ccccc3c(=O)n2N=Cc2ccc(OC)c(Br)c2)c1. The lowest BCUT2D eigenvalue weighted by atomic mass is 10.1. The van der Waals surface area contributed by atoms with Crippen LogP contribution in [0.2, 0.25) is 0 Å². The second kappa shape index (κ2) is 9.23. The highest BCUT2D eigenvalue weighted by Crippen LogP contribution is 2.29. The standard InChI is InChI=1S/C24H20BrN3O4/c1-30-17-11-16(12-18(13-17)31-2)23-27-21-7-5-4-6-19(21)24(29)28(23)26-14-15-8-9-22(32-3)20(25)10-15/h4-14H,1-3H3. The number of methoxy groups -OCH3 is 3. The molecule has 0 atom stereocenters. The Kier molecular flexibility index (Phi) is 6.23. The molecule has 0 aliphatic heterocycles. The van der Waals surface area contributed by atoms with Crippen molar-refractivity contribution in [2.75, 3.05) is 21.3 Å². The largest absolute Gasteiger partial charge is 0.497 e. The summed E-state index contributed by atoms with van der Waals surface area (Å²) in [5.41, 5.74) is 1.72. The fourth-order valence-corrected chi connectivity index (χ4v) is 3.80. The van der Waals surface area contributed by atoms with E-state index in [0.29, 0.717) is 39.5 Å². The summed E-state index contributed by atoms with van der Waals surface area (Å²) < 4.78 is 18.1. The van der Waals surface area contributed by atoms with E-state index in [9.17, 15) is 4.79 Å². The number of nitrogens with zero attached hydrogens (tertiary/aromatic N) is 3. The molecular formula is C24H20BrN3O4. The third-order valence-electron chi connectivity index (χ3n) is 4.86. The second-order valence-corrected chi connectivity index (χ2v) is 7.66. The van der Waals surface area contributed by atoms with Gasteiger partial charge in [-0.05, 0) is 64.0 Å². The van der Waals surface area contributed by atoms with Crippen molar-refractivity contribution < 1.29 is 14.2 Å². The Bertz CT molecular complexity index is 1360. The Morgan fingerprint density at radius 2 is 1.66 bits per heavy atom. The number of rotatable bonds is 6. The maximum Gasteiger partial charge on any atom is 0.282 e. The summed E-state index contributed by atoms with van der Waals surface area (Å²) in [6.45, 7) is 0. The molecule has 0 radical (unpaired) electrons. The predicted molar refractivity (Wildman–Crippen MR) is 128 cm³/mol. The lowest BCUT2D eigenvalue weighted by Crippen LogP contribution is -2.20. The van der Waals surface area contributed by atoms with Gasteiger partial charge in [-0.25, -0.2) is 4.98 Å². The van der Waals surface area contributed by atoms with Crippen molar-refractivity contribution in [3.05, 3.63) is 81.1 Å². The molecule has 0 bridgehead atoms. The number of ether oxygens (including phenoxy) is 3. The van der Waals surface area contributed by atoms with Crippen LogP contribution in [0.3, 0.4) is 0 Å². The molecule has 0 amide bonds. The van der Waals surface area contributed by atoms with Gasteiger partial charge in [-0.1, -0.05) is 12.1 Å². The first kappa shape index (κ1) is 21.6. The average Bonchev–Trinajstić information content (AvgIpc) is 2.83. The zero-order valence-electron chi connectivity index (χ0n) is 17.7. The summed E-state index contributed by atoms with van der Waals surface area (Å²) in [6, 6.07) is 18.0. The molecule has 0 unspecified atom stereocenters. The van der Waals surface area contributed by atoms with Crippen molar-refractivity contribution in [2.24, 2.45) is 5.10 Å². The van der Waals surface area contributed by atoms with Crippen LogP contribution in [0.1, 0.15) is 5.56 Å². The number of hydrogen-bond donors (Lipinski definition) is 0. The van der Waals surface area contributed by atoms with E-state index >= 15 is 0 Å². The Morgan fingerprint density at radius 1 is 0.938 bits per heavy atom. The monoisotopic (exact) mass is 493 g/mol. The Hall–Kier alpha value is -3.65. The summed E-state index contributed by atoms with van der Waals surface area (Å²) in [7, 11) is 4.74. The summed E-state index contributed by atoms with van der Waals surface area (Å²) in [6.07, 6.45) is 1.60. The van der Waals surface area contributed by atoms with Gasteiger partial charge in [-0.15, -0.1) is 0 Å². The lowest BCUT2D eigenvalue weighted by molar-refractivity contribution is 0.394. The molecule has 0 fully saturated rings. The molecule has 0 aliphatic rings. The third-order valence-corrected chi connectivity index (χ3v) is 5.48. The molecule has 0 saturated carbocycles. The minimum absolute atomic E-state index is 0.281. The van der Waals surface area contributed by atoms with Gasteiger partial charge in [0.05, 0.1) is 42.9 Å². The molecule has 32 heavy (non-hydrogen) atoms. The zero-order valence-corrected chi connectivity index (χ0v) is 19.3. The fraction of sp³-hybridized carbons (Fsp3) is 0.125. The van der Waals surface area contributed by atoms with E-state index in [0.717, 1.165) is 10.0 Å². The molecule has 4 rings (SSSR count). The zero-order chi connectivity index (χ0) is 22.7. The lowest BCUT2D eigenvalue weighted by Gasteiger charge is -2.12. The van der Waals surface area contributed by atoms with Gasteiger partial charge in [0, 0.05) is 11.6 Å². The van der Waals surface area contributed by atoms with Crippen molar-refractivity contribution in [3.63, 3.8) is 0 Å². The Balaban J connectivity index is 1.92. The van der Waals surface area contributed by atoms with Crippen molar-refractivity contribution in [1.29, 1.82) is 0 Å². The van der Waals surface area contributed by atoms with E-state index in [2.05, 4.69) is 21.0 Å². The minimum atomic E-state index is -0.281. The number of aromatic nitrogens is 2. The van der Waals surface area contributed by atoms with Crippen molar-refractivity contribution >= 4 is 33.0 Å². The van der Waals surface area contributed by atoms with Crippen LogP contribution < -0.4 is 19.8 Å². The van der Waals surface area contributed by atoms with Gasteiger partial charge in [0.1, 0.15) is 17.2 Å². The van der Waals surface area contributed by atoms with Crippen molar-refractivity contribution in [1.82, 2.24) is 9.66 Å². The van der Waals surface area contributed by atoms with Crippen LogP contribution in [0.5, 0.6) is 17.2 Å². The second-order valence-electron chi connectivity index (χ2n) is 6.81. The number of halogens is 1. The van der Waals surface area contributed by atoms with Gasteiger partial charge in [-0.2, -0.15) is 9.78 Å². The summed E-state index contributed by atoms with van der Waals surface area (Å²) in [4.78, 5) is 18.1. The van der Waals surface area contributed by atoms with Crippen LogP contribution in [-0.4, -0.2) is 37.2 Å². The van der Waals surface area contributed by atoms with Gasteiger partial charge >= 0.3 is 0 Å². The number of benzene rings is 3. The quantitative estimate of drug-likeness (QED) is 0.363. The van der Waals surface area contributed by atoms with Gasteiger partial charge < -0.3 is 14.2 Å². The highest BCUT2D eigenvalue weighted by molar-refractivity contribution is 9.10. The van der Waals surface area contributed by atoms with Crippen LogP contribution >= 0.6 is 15.9 Å². The van der Waals surface area contributed by atoms with Crippen molar-refractivity contribution in [3.8, 4) is 28.6 Å². The third kappa shape index (κ3) is 4.22.